The molecule has 2 aromatic carbocycles. The smallest absolute Gasteiger partial charge is 0.332 e. The summed E-state index contributed by atoms with van der Waals surface area (Å²) in [5.74, 6) is 0.689. The molecule has 24 heavy (non-hydrogen) atoms. The standard InChI is InChI=1S/C18H18N2O4/c1-22-15-8-13(9-16(10-15)23-2)17(18(21)24-3)20-14-6-4-12(11-19)5-7-14/h4-10,17,20H,1-3H3. The highest BCUT2D eigenvalue weighted by Gasteiger charge is 2.23. The predicted octanol–water partition coefficient (Wildman–Crippen LogP) is 2.90. The SMILES string of the molecule is COC(=O)C(Nc1ccc(C#N)cc1)c1cc(OC)cc(OC)c1. The summed E-state index contributed by atoms with van der Waals surface area (Å²) in [6.07, 6.45) is 0. The molecule has 0 heterocycles. The molecule has 0 fully saturated rings. The lowest BCUT2D eigenvalue weighted by atomic mass is 10.1. The van der Waals surface area contributed by atoms with E-state index in [0.717, 1.165) is 0 Å². The van der Waals surface area contributed by atoms with Crippen LogP contribution in [0.25, 0.3) is 0 Å². The number of rotatable bonds is 6. The number of carbonyl (C=O) groups is 1. The van der Waals surface area contributed by atoms with Crippen molar-refractivity contribution >= 4 is 11.7 Å². The lowest BCUT2D eigenvalue weighted by Crippen LogP contribution is -2.22. The topological polar surface area (TPSA) is 80.6 Å². The van der Waals surface area contributed by atoms with E-state index in [-0.39, 0.29) is 0 Å². The zero-order valence-corrected chi connectivity index (χ0v) is 13.7. The maximum atomic E-state index is 12.2. The average Bonchev–Trinajstić information content (AvgIpc) is 2.65. The van der Waals surface area contributed by atoms with E-state index >= 15 is 0 Å². The quantitative estimate of drug-likeness (QED) is 0.822. The van der Waals surface area contributed by atoms with E-state index in [4.69, 9.17) is 19.5 Å². The molecule has 0 aliphatic rings. The zero-order valence-electron chi connectivity index (χ0n) is 13.7. The van der Waals surface area contributed by atoms with E-state index in [1.807, 2.05) is 0 Å². The Morgan fingerprint density at radius 1 is 1.04 bits per heavy atom. The van der Waals surface area contributed by atoms with Gasteiger partial charge in [0.2, 0.25) is 0 Å². The number of carbonyl (C=O) groups excluding carboxylic acids is 1. The normalized spacial score (nSPS) is 11.1. The van der Waals surface area contributed by atoms with Gasteiger partial charge in [0.05, 0.1) is 33.0 Å². The van der Waals surface area contributed by atoms with Crippen LogP contribution in [-0.2, 0) is 9.53 Å². The van der Waals surface area contributed by atoms with Crippen LogP contribution >= 0.6 is 0 Å². The highest BCUT2D eigenvalue weighted by molar-refractivity contribution is 5.81. The van der Waals surface area contributed by atoms with Crippen LogP contribution in [0.4, 0.5) is 5.69 Å². The number of methoxy groups -OCH3 is 3. The number of esters is 1. The highest BCUT2D eigenvalue weighted by atomic mass is 16.5. The predicted molar refractivity (Wildman–Crippen MR) is 89.1 cm³/mol. The second-order valence-corrected chi connectivity index (χ2v) is 4.94. The molecule has 6 heteroatoms. The van der Waals surface area contributed by atoms with Crippen LogP contribution in [-0.4, -0.2) is 27.3 Å². The second kappa shape index (κ2) is 7.88. The Balaban J connectivity index is 2.37. The van der Waals surface area contributed by atoms with Gasteiger partial charge in [-0.15, -0.1) is 0 Å². The van der Waals surface area contributed by atoms with E-state index in [1.54, 1.807) is 56.7 Å². The number of nitrogens with one attached hydrogen (secondary N) is 1. The summed E-state index contributed by atoms with van der Waals surface area (Å²) < 4.78 is 15.4. The van der Waals surface area contributed by atoms with Crippen LogP contribution in [0.3, 0.4) is 0 Å². The molecule has 6 nitrogen and oxygen atoms in total. The second-order valence-electron chi connectivity index (χ2n) is 4.94. The summed E-state index contributed by atoms with van der Waals surface area (Å²) in [5.41, 5.74) is 1.87. The maximum Gasteiger partial charge on any atom is 0.332 e. The first-order chi connectivity index (χ1) is 11.6. The van der Waals surface area contributed by atoms with Crippen molar-refractivity contribution in [2.75, 3.05) is 26.6 Å². The Hall–Kier alpha value is -3.20. The third-order valence-corrected chi connectivity index (χ3v) is 3.47. The minimum absolute atomic E-state index is 0.449. The molecule has 0 spiro atoms. The lowest BCUT2D eigenvalue weighted by Gasteiger charge is -2.19. The van der Waals surface area contributed by atoms with Gasteiger partial charge in [0.1, 0.15) is 11.5 Å². The van der Waals surface area contributed by atoms with Crippen molar-refractivity contribution in [2.45, 2.75) is 6.04 Å². The van der Waals surface area contributed by atoms with Gasteiger partial charge < -0.3 is 19.5 Å². The first kappa shape index (κ1) is 17.2. The molecular weight excluding hydrogens is 308 g/mol. The van der Waals surface area contributed by atoms with Crippen LogP contribution in [0, 0.1) is 11.3 Å². The molecule has 0 aliphatic carbocycles. The molecule has 124 valence electrons. The van der Waals surface area contributed by atoms with Crippen molar-refractivity contribution in [3.8, 4) is 17.6 Å². The third-order valence-electron chi connectivity index (χ3n) is 3.47. The van der Waals surface area contributed by atoms with Crippen LogP contribution in [0.1, 0.15) is 17.2 Å². The van der Waals surface area contributed by atoms with Gasteiger partial charge in [-0.1, -0.05) is 0 Å². The molecule has 0 radical (unpaired) electrons. The Morgan fingerprint density at radius 2 is 1.62 bits per heavy atom. The van der Waals surface area contributed by atoms with Gasteiger partial charge in [-0.05, 0) is 42.0 Å². The summed E-state index contributed by atoms with van der Waals surface area (Å²) in [7, 11) is 4.41. The molecule has 0 saturated carbocycles. The summed E-state index contributed by atoms with van der Waals surface area (Å²) >= 11 is 0. The first-order valence-electron chi connectivity index (χ1n) is 7.18. The van der Waals surface area contributed by atoms with Gasteiger partial charge >= 0.3 is 5.97 Å². The van der Waals surface area contributed by atoms with Gasteiger partial charge in [-0.25, -0.2) is 4.79 Å². The molecule has 1 unspecified atom stereocenters. The van der Waals surface area contributed by atoms with E-state index in [1.165, 1.54) is 7.11 Å². The molecule has 0 aromatic heterocycles. The zero-order chi connectivity index (χ0) is 17.5. The molecular formula is C18H18N2O4. The third kappa shape index (κ3) is 3.96. The van der Waals surface area contributed by atoms with Crippen molar-refractivity contribution in [3.05, 3.63) is 53.6 Å². The summed E-state index contributed by atoms with van der Waals surface area (Å²) in [5, 5.41) is 12.0. The molecule has 0 saturated heterocycles. The number of anilines is 1. The number of benzene rings is 2. The fraction of sp³-hybridized carbons (Fsp3) is 0.222. The maximum absolute atomic E-state index is 12.2. The molecule has 1 atom stereocenters. The number of ether oxygens (including phenoxy) is 3. The van der Waals surface area contributed by atoms with Crippen LogP contribution in [0.2, 0.25) is 0 Å². The lowest BCUT2D eigenvalue weighted by molar-refractivity contribution is -0.141. The molecule has 0 amide bonds. The summed E-state index contributed by atoms with van der Waals surface area (Å²) in [4.78, 5) is 12.2. The van der Waals surface area contributed by atoms with Crippen molar-refractivity contribution in [3.63, 3.8) is 0 Å². The van der Waals surface area contributed by atoms with Crippen molar-refractivity contribution < 1.29 is 19.0 Å². The minimum atomic E-state index is -0.744. The summed E-state index contributed by atoms with van der Waals surface area (Å²) in [6, 6.07) is 13.3. The van der Waals surface area contributed by atoms with Crippen molar-refractivity contribution in [1.29, 1.82) is 5.26 Å². The van der Waals surface area contributed by atoms with Crippen LogP contribution < -0.4 is 14.8 Å². The van der Waals surface area contributed by atoms with Gasteiger partial charge in [-0.3, -0.25) is 0 Å². The fourth-order valence-corrected chi connectivity index (χ4v) is 2.20. The fourth-order valence-electron chi connectivity index (χ4n) is 2.20. The van der Waals surface area contributed by atoms with Crippen LogP contribution in [0.15, 0.2) is 42.5 Å². The monoisotopic (exact) mass is 326 g/mol. The molecule has 2 aromatic rings. The number of hydrogen-bond donors (Lipinski definition) is 1. The van der Waals surface area contributed by atoms with E-state index in [2.05, 4.69) is 11.4 Å². The number of nitrogens with zero attached hydrogens (tertiary/aromatic N) is 1. The van der Waals surface area contributed by atoms with E-state index < -0.39 is 12.0 Å². The van der Waals surface area contributed by atoms with Gasteiger partial charge in [0, 0.05) is 11.8 Å². The Bertz CT molecular complexity index is 728. The minimum Gasteiger partial charge on any atom is -0.497 e. The molecule has 0 aliphatic heterocycles. The van der Waals surface area contributed by atoms with Gasteiger partial charge in [0.25, 0.3) is 0 Å². The summed E-state index contributed by atoms with van der Waals surface area (Å²) in [6.45, 7) is 0. The molecule has 2 rings (SSSR count). The highest BCUT2D eigenvalue weighted by Crippen LogP contribution is 2.29. The Labute approximate surface area is 140 Å². The van der Waals surface area contributed by atoms with Gasteiger partial charge in [0.15, 0.2) is 6.04 Å². The van der Waals surface area contributed by atoms with E-state index in [9.17, 15) is 4.79 Å². The molecule has 0 bridgehead atoms. The Morgan fingerprint density at radius 3 is 2.08 bits per heavy atom. The number of nitriles is 1. The van der Waals surface area contributed by atoms with Gasteiger partial charge in [-0.2, -0.15) is 5.26 Å². The largest absolute Gasteiger partial charge is 0.497 e. The number of hydrogen-bond acceptors (Lipinski definition) is 6. The van der Waals surface area contributed by atoms with Crippen molar-refractivity contribution in [2.24, 2.45) is 0 Å². The Kier molecular flexibility index (Phi) is 5.63. The van der Waals surface area contributed by atoms with E-state index in [0.29, 0.717) is 28.3 Å². The average molecular weight is 326 g/mol. The first-order valence-corrected chi connectivity index (χ1v) is 7.18. The van der Waals surface area contributed by atoms with Crippen LogP contribution in [0.5, 0.6) is 11.5 Å². The van der Waals surface area contributed by atoms with Crippen molar-refractivity contribution in [1.82, 2.24) is 0 Å². The molecule has 1 N–H and O–H groups in total.